The van der Waals surface area contributed by atoms with E-state index in [9.17, 15) is 18.3 Å². The monoisotopic (exact) mass is 356 g/mol. The van der Waals surface area contributed by atoms with Gasteiger partial charge in [-0.2, -0.15) is 13.2 Å². The molecule has 0 fully saturated rings. The number of allylic oxidation sites excluding steroid dienone is 1. The van der Waals surface area contributed by atoms with Crippen LogP contribution in [0.25, 0.3) is 6.08 Å². The molecule has 110 valence electrons. The third-order valence-corrected chi connectivity index (χ3v) is 3.43. The van der Waals surface area contributed by atoms with Gasteiger partial charge in [-0.3, -0.25) is 0 Å². The highest BCUT2D eigenvalue weighted by Crippen LogP contribution is 2.29. The number of benzene rings is 2. The summed E-state index contributed by atoms with van der Waals surface area (Å²) in [6.45, 7) is 0. The van der Waals surface area contributed by atoms with E-state index in [1.807, 2.05) is 6.07 Å². The summed E-state index contributed by atoms with van der Waals surface area (Å²) in [7, 11) is 0. The van der Waals surface area contributed by atoms with Crippen LogP contribution >= 0.6 is 15.9 Å². The van der Waals surface area contributed by atoms with Crippen molar-refractivity contribution in [2.24, 2.45) is 0 Å². The number of halogens is 4. The van der Waals surface area contributed by atoms with E-state index in [0.717, 1.165) is 22.2 Å². The topological polar surface area (TPSA) is 20.2 Å². The van der Waals surface area contributed by atoms with Crippen LogP contribution in [0.15, 0.2) is 53.0 Å². The maximum Gasteiger partial charge on any atom is 0.416 e. The molecule has 0 unspecified atom stereocenters. The molecule has 0 atom stereocenters. The van der Waals surface area contributed by atoms with E-state index in [0.29, 0.717) is 12.0 Å². The standard InChI is InChI=1S/C16H12BrF3O/c17-14-9-6-12(15(21)10-14)3-1-2-11-4-7-13(8-5-11)16(18,19)20/h1-2,4-10,21H,3H2/b2-1+. The van der Waals surface area contributed by atoms with Crippen molar-refractivity contribution in [1.29, 1.82) is 0 Å². The van der Waals surface area contributed by atoms with E-state index >= 15 is 0 Å². The molecule has 5 heteroatoms. The van der Waals surface area contributed by atoms with E-state index in [4.69, 9.17) is 0 Å². The minimum Gasteiger partial charge on any atom is -0.508 e. The summed E-state index contributed by atoms with van der Waals surface area (Å²) in [5.74, 6) is 0.182. The molecule has 0 radical (unpaired) electrons. The summed E-state index contributed by atoms with van der Waals surface area (Å²) in [4.78, 5) is 0. The van der Waals surface area contributed by atoms with Gasteiger partial charge >= 0.3 is 6.18 Å². The maximum atomic E-state index is 12.4. The average molecular weight is 357 g/mol. The molecule has 0 aliphatic rings. The van der Waals surface area contributed by atoms with Crippen LogP contribution in [0.5, 0.6) is 5.75 Å². The van der Waals surface area contributed by atoms with E-state index < -0.39 is 11.7 Å². The largest absolute Gasteiger partial charge is 0.508 e. The second-order valence-corrected chi connectivity index (χ2v) is 5.41. The van der Waals surface area contributed by atoms with Gasteiger partial charge in [0.2, 0.25) is 0 Å². The first-order chi connectivity index (χ1) is 9.86. The van der Waals surface area contributed by atoms with Crippen LogP contribution in [-0.2, 0) is 12.6 Å². The average Bonchev–Trinajstić information content (AvgIpc) is 2.41. The van der Waals surface area contributed by atoms with Crippen molar-refractivity contribution in [3.8, 4) is 5.75 Å². The summed E-state index contributed by atoms with van der Waals surface area (Å²) >= 11 is 3.25. The Morgan fingerprint density at radius 1 is 1.05 bits per heavy atom. The summed E-state index contributed by atoms with van der Waals surface area (Å²) in [6.07, 6.45) is -0.293. The molecule has 0 aromatic heterocycles. The lowest BCUT2D eigenvalue weighted by molar-refractivity contribution is -0.137. The zero-order chi connectivity index (χ0) is 15.5. The Hall–Kier alpha value is -1.75. The molecular weight excluding hydrogens is 345 g/mol. The minimum absolute atomic E-state index is 0.182. The molecule has 0 heterocycles. The summed E-state index contributed by atoms with van der Waals surface area (Å²) in [6, 6.07) is 10.1. The predicted octanol–water partition coefficient (Wildman–Crippen LogP) is 5.43. The van der Waals surface area contributed by atoms with Crippen LogP contribution in [0.1, 0.15) is 16.7 Å². The van der Waals surface area contributed by atoms with Crippen molar-refractivity contribution in [2.75, 3.05) is 0 Å². The van der Waals surface area contributed by atoms with Crippen LogP contribution in [0.4, 0.5) is 13.2 Å². The van der Waals surface area contributed by atoms with Gasteiger partial charge in [0.05, 0.1) is 5.56 Å². The number of phenols is 1. The fourth-order valence-electron chi connectivity index (χ4n) is 1.81. The lowest BCUT2D eigenvalue weighted by Crippen LogP contribution is -2.03. The Balaban J connectivity index is 2.04. The van der Waals surface area contributed by atoms with Gasteiger partial charge in [0.25, 0.3) is 0 Å². The molecule has 0 saturated carbocycles. The summed E-state index contributed by atoms with van der Waals surface area (Å²) in [5, 5.41) is 9.73. The number of alkyl halides is 3. The Labute approximate surface area is 128 Å². The highest BCUT2D eigenvalue weighted by atomic mass is 79.9. The fourth-order valence-corrected chi connectivity index (χ4v) is 2.16. The van der Waals surface area contributed by atoms with Crippen molar-refractivity contribution in [2.45, 2.75) is 12.6 Å². The van der Waals surface area contributed by atoms with Crippen molar-refractivity contribution < 1.29 is 18.3 Å². The number of hydrogen-bond acceptors (Lipinski definition) is 1. The molecule has 0 amide bonds. The van der Waals surface area contributed by atoms with E-state index in [2.05, 4.69) is 15.9 Å². The number of aromatic hydroxyl groups is 1. The zero-order valence-electron chi connectivity index (χ0n) is 10.9. The van der Waals surface area contributed by atoms with Crippen LogP contribution in [0.3, 0.4) is 0 Å². The molecule has 2 aromatic carbocycles. The molecule has 0 aliphatic carbocycles. The van der Waals surface area contributed by atoms with Crippen molar-refractivity contribution >= 4 is 22.0 Å². The van der Waals surface area contributed by atoms with Gasteiger partial charge in [-0.05, 0) is 41.8 Å². The molecule has 0 spiro atoms. The molecule has 21 heavy (non-hydrogen) atoms. The molecule has 1 nitrogen and oxygen atoms in total. The number of phenolic OH excluding ortho intramolecular Hbond substituents is 1. The lowest BCUT2D eigenvalue weighted by Gasteiger charge is -2.06. The molecule has 2 aromatic rings. The minimum atomic E-state index is -4.31. The first kappa shape index (κ1) is 15.6. The van der Waals surface area contributed by atoms with Gasteiger partial charge in [-0.15, -0.1) is 0 Å². The Morgan fingerprint density at radius 3 is 2.29 bits per heavy atom. The van der Waals surface area contributed by atoms with Crippen LogP contribution in [0.2, 0.25) is 0 Å². The highest BCUT2D eigenvalue weighted by Gasteiger charge is 2.29. The normalized spacial score (nSPS) is 12.0. The Kier molecular flexibility index (Phi) is 4.73. The van der Waals surface area contributed by atoms with Crippen molar-refractivity contribution in [1.82, 2.24) is 0 Å². The van der Waals surface area contributed by atoms with Gasteiger partial charge in [0.1, 0.15) is 5.75 Å². The second-order valence-electron chi connectivity index (χ2n) is 4.50. The van der Waals surface area contributed by atoms with Crippen LogP contribution in [-0.4, -0.2) is 5.11 Å². The van der Waals surface area contributed by atoms with Crippen LogP contribution < -0.4 is 0 Å². The van der Waals surface area contributed by atoms with E-state index in [1.54, 1.807) is 24.3 Å². The van der Waals surface area contributed by atoms with Gasteiger partial charge in [-0.25, -0.2) is 0 Å². The molecule has 0 saturated heterocycles. The van der Waals surface area contributed by atoms with E-state index in [-0.39, 0.29) is 5.75 Å². The molecule has 1 N–H and O–H groups in total. The van der Waals surface area contributed by atoms with Crippen molar-refractivity contribution in [3.05, 3.63) is 69.7 Å². The Bertz CT molecular complexity index is 646. The first-order valence-electron chi connectivity index (χ1n) is 6.17. The van der Waals surface area contributed by atoms with Gasteiger partial charge in [0.15, 0.2) is 0 Å². The summed E-state index contributed by atoms with van der Waals surface area (Å²) in [5.41, 5.74) is 0.770. The molecule has 2 rings (SSSR count). The maximum absolute atomic E-state index is 12.4. The quantitative estimate of drug-likeness (QED) is 0.777. The summed E-state index contributed by atoms with van der Waals surface area (Å²) < 4.78 is 38.0. The highest BCUT2D eigenvalue weighted by molar-refractivity contribution is 9.10. The van der Waals surface area contributed by atoms with Crippen molar-refractivity contribution in [3.63, 3.8) is 0 Å². The number of rotatable bonds is 3. The van der Waals surface area contributed by atoms with Gasteiger partial charge in [0, 0.05) is 4.47 Å². The zero-order valence-corrected chi connectivity index (χ0v) is 12.4. The first-order valence-corrected chi connectivity index (χ1v) is 6.97. The molecular formula is C16H12BrF3O. The smallest absolute Gasteiger partial charge is 0.416 e. The SMILES string of the molecule is Oc1cc(Br)ccc1C/C=C/c1ccc(C(F)(F)F)cc1. The lowest BCUT2D eigenvalue weighted by atomic mass is 10.1. The molecule has 0 bridgehead atoms. The third-order valence-electron chi connectivity index (χ3n) is 2.93. The van der Waals surface area contributed by atoms with E-state index in [1.165, 1.54) is 12.1 Å². The van der Waals surface area contributed by atoms with Crippen LogP contribution in [0, 0.1) is 0 Å². The van der Waals surface area contributed by atoms with Gasteiger partial charge in [-0.1, -0.05) is 46.3 Å². The Morgan fingerprint density at radius 2 is 1.71 bits per heavy atom. The molecule has 0 aliphatic heterocycles. The number of hydrogen-bond donors (Lipinski definition) is 1. The second kappa shape index (κ2) is 6.35. The third kappa shape index (κ3) is 4.36. The van der Waals surface area contributed by atoms with Gasteiger partial charge < -0.3 is 5.11 Å². The fraction of sp³-hybridized carbons (Fsp3) is 0.125. The predicted molar refractivity (Wildman–Crippen MR) is 80.0 cm³/mol.